The minimum Gasteiger partial charge on any atom is -0.105 e. The highest BCUT2D eigenvalue weighted by molar-refractivity contribution is 6.47. The van der Waals surface area contributed by atoms with Crippen LogP contribution >= 0.6 is 23.2 Å². The zero-order valence-corrected chi connectivity index (χ0v) is 9.54. The number of unbranched alkanes of at least 4 members (excludes halogenated alkanes) is 1. The fraction of sp³-hybridized carbons (Fsp3) is 1.00. The van der Waals surface area contributed by atoms with Crippen molar-refractivity contribution in [3.63, 3.8) is 0 Å². The average Bonchev–Trinajstić information content (AvgIpc) is 1.82. The van der Waals surface area contributed by atoms with E-state index in [9.17, 15) is 0 Å². The first-order chi connectivity index (χ1) is 4.18. The summed E-state index contributed by atoms with van der Waals surface area (Å²) in [4.78, 5) is -0.122. The van der Waals surface area contributed by atoms with Crippen LogP contribution in [0.3, 0.4) is 0 Å². The first-order valence-corrected chi connectivity index (χ1v) is 5.49. The number of alkyl halides is 2. The Balaban J connectivity index is 3.16. The van der Waals surface area contributed by atoms with Gasteiger partial charge in [0.1, 0.15) is 4.84 Å². The lowest BCUT2D eigenvalue weighted by Crippen LogP contribution is -2.01. The van der Waals surface area contributed by atoms with Crippen LogP contribution in [-0.4, -0.2) is 15.1 Å². The molecule has 0 heterocycles. The smallest absolute Gasteiger partial charge is 0.105 e. The van der Waals surface area contributed by atoms with E-state index in [1.807, 2.05) is 0 Å². The third-order valence-corrected chi connectivity index (χ3v) is 4.39. The SMILES string of the molecule is CCCCC([SiH3])C(Cl)Cl. The summed E-state index contributed by atoms with van der Waals surface area (Å²) in [6, 6.07) is 0. The van der Waals surface area contributed by atoms with Gasteiger partial charge in [0.2, 0.25) is 0 Å². The van der Waals surface area contributed by atoms with Crippen molar-refractivity contribution >= 4 is 33.4 Å². The molecule has 0 aliphatic rings. The van der Waals surface area contributed by atoms with Crippen LogP contribution in [0.15, 0.2) is 0 Å². The minimum atomic E-state index is -0.122. The van der Waals surface area contributed by atoms with Crippen molar-refractivity contribution in [1.82, 2.24) is 0 Å². The number of rotatable bonds is 4. The van der Waals surface area contributed by atoms with E-state index in [-0.39, 0.29) is 4.84 Å². The molecule has 0 saturated heterocycles. The lowest BCUT2D eigenvalue weighted by molar-refractivity contribution is 0.691. The third-order valence-electron chi connectivity index (χ3n) is 1.44. The molecule has 0 aromatic rings. The molecule has 0 saturated carbocycles. The quantitative estimate of drug-likeness (QED) is 0.465. The molecule has 0 bridgehead atoms. The van der Waals surface area contributed by atoms with Gasteiger partial charge in [-0.3, -0.25) is 0 Å². The molecule has 0 amide bonds. The maximum atomic E-state index is 5.66. The van der Waals surface area contributed by atoms with E-state index in [0.717, 1.165) is 10.2 Å². The Morgan fingerprint density at radius 2 is 2.00 bits per heavy atom. The molecule has 0 aliphatic heterocycles. The van der Waals surface area contributed by atoms with Gasteiger partial charge in [0.15, 0.2) is 0 Å². The van der Waals surface area contributed by atoms with Crippen LogP contribution in [0.25, 0.3) is 0 Å². The largest absolute Gasteiger partial charge is 0.107 e. The van der Waals surface area contributed by atoms with Gasteiger partial charge in [-0.2, -0.15) is 0 Å². The number of halogens is 2. The molecule has 0 aromatic carbocycles. The molecule has 9 heavy (non-hydrogen) atoms. The van der Waals surface area contributed by atoms with E-state index in [1.54, 1.807) is 0 Å². The van der Waals surface area contributed by atoms with Gasteiger partial charge in [-0.25, -0.2) is 0 Å². The second-order valence-electron chi connectivity index (χ2n) is 2.45. The van der Waals surface area contributed by atoms with E-state index < -0.39 is 0 Å². The van der Waals surface area contributed by atoms with E-state index in [2.05, 4.69) is 6.92 Å². The maximum Gasteiger partial charge on any atom is 0.107 e. The zero-order valence-electron chi connectivity index (χ0n) is 6.03. The summed E-state index contributed by atoms with van der Waals surface area (Å²) in [6.07, 6.45) is 3.73. The Kier molecular flexibility index (Phi) is 6.07. The lowest BCUT2D eigenvalue weighted by Gasteiger charge is -2.09. The van der Waals surface area contributed by atoms with Gasteiger partial charge in [0.25, 0.3) is 0 Å². The monoisotopic (exact) mass is 184 g/mol. The molecule has 0 aromatic heterocycles. The Morgan fingerprint density at radius 1 is 1.44 bits per heavy atom. The number of hydrogen-bond donors (Lipinski definition) is 0. The fourth-order valence-electron chi connectivity index (χ4n) is 0.652. The maximum absolute atomic E-state index is 5.66. The Hall–Kier alpha value is 0.797. The zero-order chi connectivity index (χ0) is 7.28. The molecule has 0 nitrogen and oxygen atoms in total. The van der Waals surface area contributed by atoms with Crippen LogP contribution in [0.2, 0.25) is 5.54 Å². The fourth-order valence-corrected chi connectivity index (χ4v) is 1.31. The van der Waals surface area contributed by atoms with E-state index in [1.165, 1.54) is 19.3 Å². The van der Waals surface area contributed by atoms with Crippen LogP contribution in [0.1, 0.15) is 26.2 Å². The standard InChI is InChI=1S/C6H14Cl2Si/c1-2-3-4-5(9)6(7)8/h5-6H,2-4H2,1,9H3. The second-order valence-corrected chi connectivity index (χ2v) is 5.10. The van der Waals surface area contributed by atoms with Gasteiger partial charge < -0.3 is 0 Å². The molecule has 0 fully saturated rings. The van der Waals surface area contributed by atoms with Crippen LogP contribution in [0.5, 0.6) is 0 Å². The highest BCUT2D eigenvalue weighted by atomic mass is 35.5. The molecule has 56 valence electrons. The van der Waals surface area contributed by atoms with Crippen molar-refractivity contribution in [3.05, 3.63) is 0 Å². The van der Waals surface area contributed by atoms with Gasteiger partial charge >= 0.3 is 0 Å². The van der Waals surface area contributed by atoms with Gasteiger partial charge in [0, 0.05) is 10.2 Å². The average molecular weight is 185 g/mol. The molecule has 0 N–H and O–H groups in total. The second kappa shape index (κ2) is 5.57. The Bertz CT molecular complexity index is 66.1. The summed E-state index contributed by atoms with van der Waals surface area (Å²) in [7, 11) is 1.12. The van der Waals surface area contributed by atoms with Crippen molar-refractivity contribution in [3.8, 4) is 0 Å². The van der Waals surface area contributed by atoms with Crippen molar-refractivity contribution in [2.75, 3.05) is 0 Å². The normalized spacial score (nSPS) is 14.7. The van der Waals surface area contributed by atoms with E-state index >= 15 is 0 Å². The topological polar surface area (TPSA) is 0 Å². The molecular formula is C6H14Cl2Si. The van der Waals surface area contributed by atoms with Crippen LogP contribution in [0, 0.1) is 0 Å². The molecular weight excluding hydrogens is 171 g/mol. The van der Waals surface area contributed by atoms with Crippen molar-refractivity contribution in [2.45, 2.75) is 36.6 Å². The molecule has 0 aliphatic carbocycles. The van der Waals surface area contributed by atoms with E-state index in [4.69, 9.17) is 23.2 Å². The van der Waals surface area contributed by atoms with E-state index in [0.29, 0.717) is 5.54 Å². The van der Waals surface area contributed by atoms with Crippen LogP contribution in [0.4, 0.5) is 0 Å². The minimum absolute atomic E-state index is 0.122. The third kappa shape index (κ3) is 5.25. The molecule has 0 spiro atoms. The van der Waals surface area contributed by atoms with Crippen molar-refractivity contribution < 1.29 is 0 Å². The Labute approximate surface area is 70.3 Å². The summed E-state index contributed by atoms with van der Waals surface area (Å²) in [5.74, 6) is 0. The molecule has 0 rings (SSSR count). The van der Waals surface area contributed by atoms with Gasteiger partial charge in [-0.1, -0.05) is 26.2 Å². The first-order valence-electron chi connectivity index (χ1n) is 3.46. The van der Waals surface area contributed by atoms with Gasteiger partial charge in [-0.05, 0) is 5.54 Å². The highest BCUT2D eigenvalue weighted by Crippen LogP contribution is 2.22. The van der Waals surface area contributed by atoms with Crippen LogP contribution < -0.4 is 0 Å². The molecule has 0 radical (unpaired) electrons. The molecule has 1 atom stereocenters. The summed E-state index contributed by atoms with van der Waals surface area (Å²) < 4.78 is 0. The van der Waals surface area contributed by atoms with Gasteiger partial charge in [-0.15, -0.1) is 23.2 Å². The van der Waals surface area contributed by atoms with Crippen molar-refractivity contribution in [2.24, 2.45) is 0 Å². The predicted molar refractivity (Wildman–Crippen MR) is 48.7 cm³/mol. The Morgan fingerprint density at radius 3 is 2.33 bits per heavy atom. The van der Waals surface area contributed by atoms with Crippen LogP contribution in [-0.2, 0) is 0 Å². The van der Waals surface area contributed by atoms with Crippen molar-refractivity contribution in [1.29, 1.82) is 0 Å². The lowest BCUT2D eigenvalue weighted by atomic mass is 10.2. The predicted octanol–water partition coefficient (Wildman–Crippen LogP) is 2.13. The highest BCUT2D eigenvalue weighted by Gasteiger charge is 2.08. The summed E-state index contributed by atoms with van der Waals surface area (Å²) in [6.45, 7) is 2.19. The first kappa shape index (κ1) is 9.80. The molecule has 1 unspecified atom stereocenters. The summed E-state index contributed by atoms with van der Waals surface area (Å²) >= 11 is 11.3. The summed E-state index contributed by atoms with van der Waals surface area (Å²) in [5.41, 5.74) is 0.591. The van der Waals surface area contributed by atoms with Gasteiger partial charge in [0.05, 0.1) is 0 Å². The summed E-state index contributed by atoms with van der Waals surface area (Å²) in [5, 5.41) is 0. The number of hydrogen-bond acceptors (Lipinski definition) is 0. The molecule has 3 heteroatoms.